The van der Waals surface area contributed by atoms with Crippen LogP contribution in [0, 0.1) is 0 Å². The molecule has 0 aliphatic carbocycles. The highest BCUT2D eigenvalue weighted by molar-refractivity contribution is 6.04. The molecule has 0 radical (unpaired) electrons. The maximum atomic E-state index is 12.6. The zero-order valence-corrected chi connectivity index (χ0v) is 13.9. The van der Waals surface area contributed by atoms with Crippen molar-refractivity contribution in [3.8, 4) is 0 Å². The van der Waals surface area contributed by atoms with Crippen LogP contribution in [0.25, 0.3) is 0 Å². The van der Waals surface area contributed by atoms with Gasteiger partial charge in [-0.05, 0) is 23.6 Å². The van der Waals surface area contributed by atoms with E-state index < -0.39 is 6.04 Å². The second-order valence-electron chi connectivity index (χ2n) is 6.32. The normalized spacial score (nSPS) is 17.5. The van der Waals surface area contributed by atoms with Gasteiger partial charge < -0.3 is 5.32 Å². The summed E-state index contributed by atoms with van der Waals surface area (Å²) in [5, 5.41) is 2.77. The molecule has 1 saturated heterocycles. The molecule has 2 aromatic rings. The minimum absolute atomic E-state index is 0.194. The van der Waals surface area contributed by atoms with Crippen LogP contribution >= 0.6 is 0 Å². The Kier molecular flexibility index (Phi) is 4.60. The fraction of sp³-hybridized carbons (Fsp3) is 0.316. The lowest BCUT2D eigenvalue weighted by atomic mass is 10.1. The fourth-order valence-corrected chi connectivity index (χ4v) is 2.78. The van der Waals surface area contributed by atoms with Gasteiger partial charge in [0.2, 0.25) is 0 Å². The number of amides is 3. The number of nitrogens with zero attached hydrogens (tertiary/aromatic N) is 2. The van der Waals surface area contributed by atoms with E-state index in [0.717, 1.165) is 17.0 Å². The van der Waals surface area contributed by atoms with Crippen LogP contribution in [-0.4, -0.2) is 27.9 Å². The number of hydrogen-bond donors (Lipinski definition) is 1. The molecule has 1 aromatic heterocycles. The molecule has 0 saturated carbocycles. The van der Waals surface area contributed by atoms with Crippen LogP contribution in [0.15, 0.2) is 48.5 Å². The van der Waals surface area contributed by atoms with Crippen molar-refractivity contribution in [1.29, 1.82) is 0 Å². The van der Waals surface area contributed by atoms with E-state index in [4.69, 9.17) is 0 Å². The second-order valence-corrected chi connectivity index (χ2v) is 6.32. The van der Waals surface area contributed by atoms with E-state index >= 15 is 0 Å². The van der Waals surface area contributed by atoms with E-state index in [1.165, 1.54) is 4.90 Å². The van der Waals surface area contributed by atoms with Gasteiger partial charge in [0, 0.05) is 12.1 Å². The molecule has 5 nitrogen and oxygen atoms in total. The third kappa shape index (κ3) is 3.45. The van der Waals surface area contributed by atoms with Gasteiger partial charge in [0.1, 0.15) is 6.04 Å². The van der Waals surface area contributed by atoms with Crippen LogP contribution in [0.2, 0.25) is 0 Å². The maximum Gasteiger partial charge on any atom is 0.325 e. The molecule has 1 N–H and O–H groups in total. The summed E-state index contributed by atoms with van der Waals surface area (Å²) in [6, 6.07) is 14.5. The summed E-state index contributed by atoms with van der Waals surface area (Å²) in [7, 11) is 0. The molecule has 5 heteroatoms. The Hall–Kier alpha value is -2.69. The molecule has 0 spiro atoms. The standard InChI is InChI=1S/C19H21N3O2/c1-13(2)16-10-6-9-15(20-16)12-22-18(23)17(21-19(22)24)11-14-7-4-3-5-8-14/h3-10,13,17H,11-12H2,1-2H3,(H,21,24)/t17-/m1/s1. The molecular formula is C19H21N3O2. The molecule has 124 valence electrons. The molecule has 0 unspecified atom stereocenters. The molecular weight excluding hydrogens is 302 g/mol. The first-order valence-electron chi connectivity index (χ1n) is 8.16. The van der Waals surface area contributed by atoms with Crippen LogP contribution in [0.3, 0.4) is 0 Å². The Bertz CT molecular complexity index is 743. The van der Waals surface area contributed by atoms with Crippen molar-refractivity contribution in [3.63, 3.8) is 0 Å². The number of nitrogens with one attached hydrogen (secondary N) is 1. The highest BCUT2D eigenvalue weighted by Gasteiger charge is 2.37. The van der Waals surface area contributed by atoms with E-state index in [0.29, 0.717) is 12.3 Å². The average molecular weight is 323 g/mol. The zero-order chi connectivity index (χ0) is 17.1. The average Bonchev–Trinajstić information content (AvgIpc) is 2.83. The van der Waals surface area contributed by atoms with Crippen LogP contribution in [0.4, 0.5) is 4.79 Å². The Morgan fingerprint density at radius 1 is 1.08 bits per heavy atom. The monoisotopic (exact) mass is 323 g/mol. The summed E-state index contributed by atoms with van der Waals surface area (Å²) in [6.45, 7) is 4.34. The van der Waals surface area contributed by atoms with E-state index in [9.17, 15) is 9.59 Å². The SMILES string of the molecule is CC(C)c1cccc(CN2C(=O)N[C@H](Cc3ccccc3)C2=O)n1. The number of carbonyl (C=O) groups is 2. The predicted octanol–water partition coefficient (Wildman–Crippen LogP) is 2.87. The maximum absolute atomic E-state index is 12.6. The lowest BCUT2D eigenvalue weighted by Crippen LogP contribution is -2.32. The summed E-state index contributed by atoms with van der Waals surface area (Å²) >= 11 is 0. The predicted molar refractivity (Wildman–Crippen MR) is 91.3 cm³/mol. The Morgan fingerprint density at radius 2 is 1.83 bits per heavy atom. The van der Waals surface area contributed by atoms with Crippen molar-refractivity contribution in [2.45, 2.75) is 38.8 Å². The number of benzene rings is 1. The van der Waals surface area contributed by atoms with Crippen LogP contribution in [0.5, 0.6) is 0 Å². The minimum atomic E-state index is -0.506. The van der Waals surface area contributed by atoms with Crippen molar-refractivity contribution in [1.82, 2.24) is 15.2 Å². The molecule has 1 aliphatic rings. The number of carbonyl (C=O) groups excluding carboxylic acids is 2. The topological polar surface area (TPSA) is 62.3 Å². The zero-order valence-electron chi connectivity index (χ0n) is 13.9. The smallest absolute Gasteiger partial charge is 0.325 e. The summed E-state index contributed by atoms with van der Waals surface area (Å²) < 4.78 is 0. The Morgan fingerprint density at radius 3 is 2.54 bits per heavy atom. The van der Waals surface area contributed by atoms with Gasteiger partial charge in [0.25, 0.3) is 5.91 Å². The van der Waals surface area contributed by atoms with Gasteiger partial charge in [0.15, 0.2) is 0 Å². The van der Waals surface area contributed by atoms with Gasteiger partial charge in [-0.25, -0.2) is 4.79 Å². The number of imide groups is 1. The largest absolute Gasteiger partial charge is 0.325 e. The first kappa shape index (κ1) is 16.2. The third-order valence-electron chi connectivity index (χ3n) is 4.13. The lowest BCUT2D eigenvalue weighted by Gasteiger charge is -2.14. The molecule has 1 atom stereocenters. The number of urea groups is 1. The Balaban J connectivity index is 1.71. The van der Waals surface area contributed by atoms with Crippen molar-refractivity contribution in [2.75, 3.05) is 0 Å². The van der Waals surface area contributed by atoms with Gasteiger partial charge in [0.05, 0.1) is 12.2 Å². The van der Waals surface area contributed by atoms with Crippen LogP contribution < -0.4 is 5.32 Å². The van der Waals surface area contributed by atoms with Crippen LogP contribution in [0.1, 0.15) is 36.7 Å². The molecule has 3 rings (SSSR count). The molecule has 1 aromatic carbocycles. The summed E-state index contributed by atoms with van der Waals surface area (Å²) in [5.74, 6) is 0.111. The fourth-order valence-electron chi connectivity index (χ4n) is 2.78. The number of aromatic nitrogens is 1. The summed E-state index contributed by atoms with van der Waals surface area (Å²) in [5.41, 5.74) is 2.71. The lowest BCUT2D eigenvalue weighted by molar-refractivity contribution is -0.127. The van der Waals surface area contributed by atoms with Crippen molar-refractivity contribution in [2.24, 2.45) is 0 Å². The van der Waals surface area contributed by atoms with Gasteiger partial charge in [-0.3, -0.25) is 14.7 Å². The van der Waals surface area contributed by atoms with Crippen molar-refractivity contribution < 1.29 is 9.59 Å². The Labute approximate surface area is 141 Å². The van der Waals surface area contributed by atoms with E-state index in [1.807, 2.05) is 48.5 Å². The first-order valence-corrected chi connectivity index (χ1v) is 8.16. The van der Waals surface area contributed by atoms with E-state index in [1.54, 1.807) is 0 Å². The summed E-state index contributed by atoms with van der Waals surface area (Å²) in [6.07, 6.45) is 0.501. The number of pyridine rings is 1. The first-order chi connectivity index (χ1) is 11.5. The summed E-state index contributed by atoms with van der Waals surface area (Å²) in [4.78, 5) is 30.5. The molecule has 0 bridgehead atoms. The molecule has 2 heterocycles. The minimum Gasteiger partial charge on any atom is -0.325 e. The molecule has 24 heavy (non-hydrogen) atoms. The third-order valence-corrected chi connectivity index (χ3v) is 4.13. The second kappa shape index (κ2) is 6.83. The van der Waals surface area contributed by atoms with Crippen molar-refractivity contribution in [3.05, 3.63) is 65.5 Å². The highest BCUT2D eigenvalue weighted by Crippen LogP contribution is 2.16. The van der Waals surface area contributed by atoms with E-state index in [2.05, 4.69) is 24.1 Å². The van der Waals surface area contributed by atoms with Gasteiger partial charge in [-0.2, -0.15) is 0 Å². The van der Waals surface area contributed by atoms with Gasteiger partial charge in [-0.1, -0.05) is 50.2 Å². The highest BCUT2D eigenvalue weighted by atomic mass is 16.2. The quantitative estimate of drug-likeness (QED) is 0.861. The number of rotatable bonds is 5. The molecule has 1 fully saturated rings. The van der Waals surface area contributed by atoms with E-state index in [-0.39, 0.29) is 18.5 Å². The van der Waals surface area contributed by atoms with Gasteiger partial charge >= 0.3 is 6.03 Å². The van der Waals surface area contributed by atoms with Crippen LogP contribution in [-0.2, 0) is 17.8 Å². The van der Waals surface area contributed by atoms with Crippen molar-refractivity contribution >= 4 is 11.9 Å². The van der Waals surface area contributed by atoms with Gasteiger partial charge in [-0.15, -0.1) is 0 Å². The molecule has 1 aliphatic heterocycles. The number of hydrogen-bond acceptors (Lipinski definition) is 3. The molecule has 3 amide bonds.